The van der Waals surface area contributed by atoms with Gasteiger partial charge in [-0.3, -0.25) is 9.89 Å². The lowest BCUT2D eigenvalue weighted by Gasteiger charge is -2.19. The Hall–Kier alpha value is -4.01. The van der Waals surface area contributed by atoms with E-state index in [1.165, 1.54) is 12.7 Å². The lowest BCUT2D eigenvalue weighted by molar-refractivity contribution is -0.111. The SMILES string of the molecule is C/C=C(/C(=O)Nc1c(C(C)(C)C)nc2c(Oc3ncncn3)c(C)[nH]n12)c1ccc(C)cc1C. The summed E-state index contributed by atoms with van der Waals surface area (Å²) in [5, 5.41) is 6.35. The van der Waals surface area contributed by atoms with Gasteiger partial charge in [-0.25, -0.2) is 14.5 Å². The second-order valence-corrected chi connectivity index (χ2v) is 9.28. The van der Waals surface area contributed by atoms with Crippen LogP contribution in [0.5, 0.6) is 11.8 Å². The Balaban J connectivity index is 1.78. The van der Waals surface area contributed by atoms with Crippen LogP contribution in [0.3, 0.4) is 0 Å². The molecule has 0 atom stereocenters. The van der Waals surface area contributed by atoms with Crippen molar-refractivity contribution in [3.05, 3.63) is 65.0 Å². The van der Waals surface area contributed by atoms with Crippen molar-refractivity contribution in [3.63, 3.8) is 0 Å². The first-order chi connectivity index (χ1) is 16.1. The number of imidazole rings is 1. The molecule has 176 valence electrons. The minimum Gasteiger partial charge on any atom is -0.418 e. The fourth-order valence-electron chi connectivity index (χ4n) is 3.90. The van der Waals surface area contributed by atoms with E-state index in [1.54, 1.807) is 4.52 Å². The van der Waals surface area contributed by atoms with Crippen molar-refractivity contribution in [1.29, 1.82) is 0 Å². The smallest absolute Gasteiger partial charge is 0.325 e. The van der Waals surface area contributed by atoms with Crippen LogP contribution in [-0.2, 0) is 10.2 Å². The van der Waals surface area contributed by atoms with E-state index in [4.69, 9.17) is 9.72 Å². The molecule has 0 radical (unpaired) electrons. The number of allylic oxidation sites excluding steroid dienone is 1. The first-order valence-corrected chi connectivity index (χ1v) is 11.1. The Bertz CT molecular complexity index is 1390. The highest BCUT2D eigenvalue weighted by Gasteiger charge is 2.29. The molecule has 0 saturated heterocycles. The first kappa shape index (κ1) is 23.2. The van der Waals surface area contributed by atoms with E-state index >= 15 is 0 Å². The van der Waals surface area contributed by atoms with Crippen LogP contribution < -0.4 is 10.1 Å². The van der Waals surface area contributed by atoms with Crippen molar-refractivity contribution in [3.8, 4) is 11.8 Å². The summed E-state index contributed by atoms with van der Waals surface area (Å²) in [7, 11) is 0. The molecule has 0 aliphatic carbocycles. The van der Waals surface area contributed by atoms with Crippen LogP contribution in [0.15, 0.2) is 36.9 Å². The number of H-pyrrole nitrogens is 1. The van der Waals surface area contributed by atoms with Crippen LogP contribution in [0.2, 0.25) is 0 Å². The number of carbonyl (C=O) groups excluding carboxylic acids is 1. The number of benzene rings is 1. The van der Waals surface area contributed by atoms with Gasteiger partial charge < -0.3 is 10.1 Å². The number of anilines is 1. The van der Waals surface area contributed by atoms with Crippen molar-refractivity contribution in [2.45, 2.75) is 53.9 Å². The minimum atomic E-state index is -0.344. The third-order valence-corrected chi connectivity index (χ3v) is 5.51. The Kier molecular flexibility index (Phi) is 5.95. The lowest BCUT2D eigenvalue weighted by atomic mass is 9.92. The second kappa shape index (κ2) is 8.74. The standard InChI is InChI=1S/C25H29N7O2/c1-8-17(18-10-9-14(2)11-15(18)3)23(33)30-22-20(25(5,6)7)29-21-19(16(4)31-32(21)22)34-24-27-12-26-13-28-24/h8-13,31H,1-7H3,(H,30,33)/b17-8+. The molecule has 3 aromatic heterocycles. The van der Waals surface area contributed by atoms with Gasteiger partial charge in [-0.1, -0.05) is 50.6 Å². The van der Waals surface area contributed by atoms with E-state index in [0.29, 0.717) is 22.8 Å². The van der Waals surface area contributed by atoms with E-state index < -0.39 is 0 Å². The number of aromatic nitrogens is 6. The maximum absolute atomic E-state index is 13.5. The largest absolute Gasteiger partial charge is 0.418 e. The molecule has 4 aromatic rings. The van der Waals surface area contributed by atoms with Crippen LogP contribution in [0.4, 0.5) is 5.82 Å². The maximum atomic E-state index is 13.5. The molecule has 0 saturated carbocycles. The predicted molar refractivity (Wildman–Crippen MR) is 131 cm³/mol. The van der Waals surface area contributed by atoms with Crippen LogP contribution in [0, 0.1) is 20.8 Å². The Morgan fingerprint density at radius 1 is 1.15 bits per heavy atom. The first-order valence-electron chi connectivity index (χ1n) is 11.1. The number of aryl methyl sites for hydroxylation is 3. The number of amides is 1. The molecule has 0 bridgehead atoms. The Morgan fingerprint density at radius 2 is 1.85 bits per heavy atom. The van der Waals surface area contributed by atoms with Crippen molar-refractivity contribution in [1.82, 2.24) is 29.5 Å². The van der Waals surface area contributed by atoms with Gasteiger partial charge in [0.2, 0.25) is 0 Å². The molecule has 4 rings (SSSR count). The molecule has 34 heavy (non-hydrogen) atoms. The average Bonchev–Trinajstić information content (AvgIpc) is 3.27. The lowest BCUT2D eigenvalue weighted by Crippen LogP contribution is -2.21. The van der Waals surface area contributed by atoms with Gasteiger partial charge in [0.15, 0.2) is 17.2 Å². The quantitative estimate of drug-likeness (QED) is 0.411. The molecule has 2 N–H and O–H groups in total. The van der Waals surface area contributed by atoms with E-state index in [-0.39, 0.29) is 17.3 Å². The summed E-state index contributed by atoms with van der Waals surface area (Å²) in [5.74, 6) is 0.831. The van der Waals surface area contributed by atoms with Crippen molar-refractivity contribution >= 4 is 22.9 Å². The zero-order chi connectivity index (χ0) is 24.6. The summed E-state index contributed by atoms with van der Waals surface area (Å²) in [6, 6.07) is 6.23. The summed E-state index contributed by atoms with van der Waals surface area (Å²) in [4.78, 5) is 30.2. The van der Waals surface area contributed by atoms with Crippen molar-refractivity contribution in [2.24, 2.45) is 0 Å². The van der Waals surface area contributed by atoms with Gasteiger partial charge in [-0.2, -0.15) is 9.97 Å². The highest BCUT2D eigenvalue weighted by Crippen LogP contribution is 2.36. The topological polar surface area (TPSA) is 110 Å². The molecule has 9 heteroatoms. The number of nitrogens with one attached hydrogen (secondary N) is 2. The molecule has 3 heterocycles. The molecule has 1 amide bonds. The van der Waals surface area contributed by atoms with Gasteiger partial charge in [0.05, 0.1) is 11.4 Å². The monoisotopic (exact) mass is 459 g/mol. The number of fused-ring (bicyclic) bond motifs is 1. The molecule has 0 spiro atoms. The van der Waals surface area contributed by atoms with Gasteiger partial charge in [-0.05, 0) is 38.8 Å². The second-order valence-electron chi connectivity index (χ2n) is 9.28. The van der Waals surface area contributed by atoms with E-state index in [9.17, 15) is 4.79 Å². The zero-order valence-electron chi connectivity index (χ0n) is 20.5. The number of hydrogen-bond donors (Lipinski definition) is 2. The minimum absolute atomic E-state index is 0.163. The average molecular weight is 460 g/mol. The fourth-order valence-corrected chi connectivity index (χ4v) is 3.90. The normalized spacial score (nSPS) is 12.3. The van der Waals surface area contributed by atoms with E-state index in [1.807, 2.05) is 66.7 Å². The zero-order valence-corrected chi connectivity index (χ0v) is 20.5. The molecule has 1 aromatic carbocycles. The van der Waals surface area contributed by atoms with Gasteiger partial charge in [0.25, 0.3) is 5.91 Å². The fraction of sp³-hybridized carbons (Fsp3) is 0.320. The third-order valence-electron chi connectivity index (χ3n) is 5.51. The number of hydrogen-bond acceptors (Lipinski definition) is 6. The van der Waals surface area contributed by atoms with Gasteiger partial charge >= 0.3 is 6.01 Å². The summed E-state index contributed by atoms with van der Waals surface area (Å²) in [6.45, 7) is 13.9. The highest BCUT2D eigenvalue weighted by molar-refractivity contribution is 6.25. The molecule has 0 unspecified atom stereocenters. The van der Waals surface area contributed by atoms with Gasteiger partial charge in [0, 0.05) is 11.0 Å². The number of ether oxygens (including phenoxy) is 1. The van der Waals surface area contributed by atoms with E-state index in [0.717, 1.165) is 28.1 Å². The molecule has 0 fully saturated rings. The third kappa shape index (κ3) is 4.28. The van der Waals surface area contributed by atoms with E-state index in [2.05, 4.69) is 31.4 Å². The van der Waals surface area contributed by atoms with Crippen LogP contribution in [0.1, 0.15) is 55.8 Å². The molecule has 0 aliphatic heterocycles. The highest BCUT2D eigenvalue weighted by atomic mass is 16.5. The molecular formula is C25H29N7O2. The van der Waals surface area contributed by atoms with Crippen molar-refractivity contribution < 1.29 is 9.53 Å². The molecule has 0 aliphatic rings. The predicted octanol–water partition coefficient (Wildman–Crippen LogP) is 4.90. The summed E-state index contributed by atoms with van der Waals surface area (Å²) in [6.07, 6.45) is 4.56. The Morgan fingerprint density at radius 3 is 2.47 bits per heavy atom. The molecule has 9 nitrogen and oxygen atoms in total. The number of carbonyl (C=O) groups is 1. The van der Waals surface area contributed by atoms with Crippen molar-refractivity contribution in [2.75, 3.05) is 5.32 Å². The van der Waals surface area contributed by atoms with Gasteiger partial charge in [-0.15, -0.1) is 0 Å². The van der Waals surface area contributed by atoms with Gasteiger partial charge in [0.1, 0.15) is 12.7 Å². The molecular weight excluding hydrogens is 430 g/mol. The van der Waals surface area contributed by atoms with Crippen LogP contribution in [-0.4, -0.2) is 35.5 Å². The number of rotatable bonds is 5. The summed E-state index contributed by atoms with van der Waals surface area (Å²) >= 11 is 0. The maximum Gasteiger partial charge on any atom is 0.325 e. The van der Waals surface area contributed by atoms with Crippen LogP contribution >= 0.6 is 0 Å². The number of aromatic amines is 1. The summed E-state index contributed by atoms with van der Waals surface area (Å²) < 4.78 is 7.65. The van der Waals surface area contributed by atoms with Crippen LogP contribution in [0.25, 0.3) is 11.2 Å². The summed E-state index contributed by atoms with van der Waals surface area (Å²) in [5.41, 5.74) is 5.32. The Labute approximate surface area is 198 Å². The number of nitrogens with zero attached hydrogens (tertiary/aromatic N) is 5.